The number of amides is 1. The fourth-order valence-corrected chi connectivity index (χ4v) is 3.61. The lowest BCUT2D eigenvalue weighted by molar-refractivity contribution is -0.122. The first-order valence-electron chi connectivity index (χ1n) is 9.24. The van der Waals surface area contributed by atoms with Crippen LogP contribution in [0.1, 0.15) is 43.5 Å². The van der Waals surface area contributed by atoms with E-state index in [-0.39, 0.29) is 29.0 Å². The zero-order valence-electron chi connectivity index (χ0n) is 16.8. The number of nitrogens with zero attached hydrogens (tertiary/aromatic N) is 3. The topological polar surface area (TPSA) is 70.7 Å². The van der Waals surface area contributed by atoms with Crippen molar-refractivity contribution in [1.82, 2.24) is 14.9 Å². The monoisotopic (exact) mass is 412 g/mol. The zero-order valence-corrected chi connectivity index (χ0v) is 17.5. The van der Waals surface area contributed by atoms with Crippen LogP contribution < -0.4 is 5.32 Å². The molecule has 0 aliphatic rings. The van der Waals surface area contributed by atoms with E-state index >= 15 is 0 Å². The molecule has 2 aromatic carbocycles. The first-order chi connectivity index (χ1) is 13.6. The van der Waals surface area contributed by atoms with Gasteiger partial charge in [-0.1, -0.05) is 29.8 Å². The van der Waals surface area contributed by atoms with Gasteiger partial charge >= 0.3 is 0 Å². The molecule has 0 fully saturated rings. The van der Waals surface area contributed by atoms with Gasteiger partial charge in [0.05, 0.1) is 34.4 Å². The number of halogens is 2. The van der Waals surface area contributed by atoms with Crippen LogP contribution in [0.3, 0.4) is 0 Å². The Balaban J connectivity index is 1.76. The van der Waals surface area contributed by atoms with E-state index in [1.165, 1.54) is 17.0 Å². The summed E-state index contributed by atoms with van der Waals surface area (Å²) >= 11 is 5.85. The summed E-state index contributed by atoms with van der Waals surface area (Å²) in [5.74, 6) is -0.857. The average Bonchev–Trinajstić information content (AvgIpc) is 3.07. The van der Waals surface area contributed by atoms with Gasteiger partial charge in [0.1, 0.15) is 12.1 Å². The van der Waals surface area contributed by atoms with E-state index in [1.54, 1.807) is 6.07 Å². The SMILES string of the molecule is Cc1cc(C(C)NC(=O)Cn2cnc3ccc(Cl)c(F)c32)ccc1C(C)(C)C#N. The van der Waals surface area contributed by atoms with E-state index < -0.39 is 11.2 Å². The van der Waals surface area contributed by atoms with Crippen LogP contribution >= 0.6 is 11.6 Å². The van der Waals surface area contributed by atoms with Gasteiger partial charge in [-0.15, -0.1) is 0 Å². The van der Waals surface area contributed by atoms with E-state index in [2.05, 4.69) is 16.4 Å². The molecular weight excluding hydrogens is 391 g/mol. The molecule has 1 aromatic heterocycles. The van der Waals surface area contributed by atoms with Crippen molar-refractivity contribution >= 4 is 28.5 Å². The van der Waals surface area contributed by atoms with Crippen molar-refractivity contribution < 1.29 is 9.18 Å². The largest absolute Gasteiger partial charge is 0.348 e. The lowest BCUT2D eigenvalue weighted by Gasteiger charge is -2.21. The van der Waals surface area contributed by atoms with Crippen LogP contribution in [0.25, 0.3) is 11.0 Å². The molecule has 3 aromatic rings. The Morgan fingerprint density at radius 2 is 2.10 bits per heavy atom. The van der Waals surface area contributed by atoms with Gasteiger partial charge in [-0.3, -0.25) is 4.79 Å². The molecule has 1 atom stereocenters. The van der Waals surface area contributed by atoms with Crippen molar-refractivity contribution in [2.24, 2.45) is 0 Å². The van der Waals surface area contributed by atoms with Gasteiger partial charge in [-0.25, -0.2) is 9.37 Å². The molecule has 0 aliphatic heterocycles. The molecule has 0 saturated carbocycles. The number of carbonyl (C=O) groups excluding carboxylic acids is 1. The number of nitriles is 1. The van der Waals surface area contributed by atoms with Gasteiger partial charge < -0.3 is 9.88 Å². The summed E-state index contributed by atoms with van der Waals surface area (Å²) in [5, 5.41) is 12.3. The highest BCUT2D eigenvalue weighted by molar-refractivity contribution is 6.31. The highest BCUT2D eigenvalue weighted by Crippen LogP contribution is 2.28. The molecule has 3 rings (SSSR count). The molecule has 29 heavy (non-hydrogen) atoms. The second-order valence-electron chi connectivity index (χ2n) is 7.70. The van der Waals surface area contributed by atoms with E-state index in [0.717, 1.165) is 16.7 Å². The highest BCUT2D eigenvalue weighted by atomic mass is 35.5. The third-order valence-corrected chi connectivity index (χ3v) is 5.36. The average molecular weight is 413 g/mol. The molecule has 1 unspecified atom stereocenters. The quantitative estimate of drug-likeness (QED) is 0.653. The minimum absolute atomic E-state index is 0.0103. The molecule has 7 heteroatoms. The number of hydrogen-bond acceptors (Lipinski definition) is 3. The number of carbonyl (C=O) groups is 1. The van der Waals surface area contributed by atoms with Gasteiger partial charge in [-0.2, -0.15) is 5.26 Å². The first kappa shape index (κ1) is 20.8. The maximum absolute atomic E-state index is 14.3. The van der Waals surface area contributed by atoms with Crippen molar-refractivity contribution in [2.75, 3.05) is 0 Å². The van der Waals surface area contributed by atoms with E-state index in [9.17, 15) is 14.4 Å². The Morgan fingerprint density at radius 3 is 2.76 bits per heavy atom. The summed E-state index contributed by atoms with van der Waals surface area (Å²) < 4.78 is 15.8. The number of rotatable bonds is 5. The molecule has 1 N–H and O–H groups in total. The third-order valence-electron chi connectivity index (χ3n) is 5.07. The summed E-state index contributed by atoms with van der Waals surface area (Å²) in [6, 6.07) is 10.9. The smallest absolute Gasteiger partial charge is 0.240 e. The maximum atomic E-state index is 14.3. The van der Waals surface area contributed by atoms with Crippen LogP contribution in [0, 0.1) is 24.1 Å². The number of imidazole rings is 1. The summed E-state index contributed by atoms with van der Waals surface area (Å²) in [7, 11) is 0. The number of aryl methyl sites for hydroxylation is 1. The van der Waals surface area contributed by atoms with Crippen molar-refractivity contribution in [2.45, 2.75) is 45.7 Å². The third kappa shape index (κ3) is 4.10. The van der Waals surface area contributed by atoms with Gasteiger partial charge in [0, 0.05) is 0 Å². The van der Waals surface area contributed by atoms with Crippen LogP contribution in [0.15, 0.2) is 36.7 Å². The Morgan fingerprint density at radius 1 is 1.38 bits per heavy atom. The van der Waals surface area contributed by atoms with E-state index in [1.807, 2.05) is 45.9 Å². The van der Waals surface area contributed by atoms with Gasteiger partial charge in [0.25, 0.3) is 0 Å². The second-order valence-corrected chi connectivity index (χ2v) is 8.11. The summed E-state index contributed by atoms with van der Waals surface area (Å²) in [6.45, 7) is 7.51. The molecule has 150 valence electrons. The number of aromatic nitrogens is 2. The molecule has 0 radical (unpaired) electrons. The lowest BCUT2D eigenvalue weighted by Crippen LogP contribution is -2.30. The summed E-state index contributed by atoms with van der Waals surface area (Å²) in [4.78, 5) is 16.7. The maximum Gasteiger partial charge on any atom is 0.240 e. The second kappa shape index (κ2) is 7.84. The molecule has 1 heterocycles. The Kier molecular flexibility index (Phi) is 5.63. The lowest BCUT2D eigenvalue weighted by atomic mass is 9.82. The Hall–Kier alpha value is -2.91. The molecule has 0 aliphatic carbocycles. The number of fused-ring (bicyclic) bond motifs is 1. The van der Waals surface area contributed by atoms with Gasteiger partial charge in [0.2, 0.25) is 5.91 Å². The van der Waals surface area contributed by atoms with Crippen molar-refractivity contribution in [1.29, 1.82) is 5.26 Å². The van der Waals surface area contributed by atoms with Crippen LogP contribution in [0.4, 0.5) is 4.39 Å². The number of hydrogen-bond donors (Lipinski definition) is 1. The van der Waals surface area contributed by atoms with E-state index in [4.69, 9.17) is 11.6 Å². The minimum atomic E-state index is -0.589. The molecule has 0 saturated heterocycles. The van der Waals surface area contributed by atoms with Crippen molar-refractivity contribution in [3.8, 4) is 6.07 Å². The minimum Gasteiger partial charge on any atom is -0.348 e. The highest BCUT2D eigenvalue weighted by Gasteiger charge is 2.22. The summed E-state index contributed by atoms with van der Waals surface area (Å²) in [6.07, 6.45) is 1.43. The predicted octanol–water partition coefficient (Wildman–Crippen LogP) is 4.82. The fourth-order valence-electron chi connectivity index (χ4n) is 3.46. The molecule has 0 bridgehead atoms. The van der Waals surface area contributed by atoms with E-state index in [0.29, 0.717) is 5.52 Å². The zero-order chi connectivity index (χ0) is 21.3. The fraction of sp³-hybridized carbons (Fsp3) is 0.318. The molecule has 1 amide bonds. The van der Waals surface area contributed by atoms with Crippen molar-refractivity contribution in [3.63, 3.8) is 0 Å². The van der Waals surface area contributed by atoms with Crippen molar-refractivity contribution in [3.05, 3.63) is 64.2 Å². The number of nitrogens with one attached hydrogen (secondary N) is 1. The van der Waals surface area contributed by atoms with Crippen LogP contribution in [0.5, 0.6) is 0 Å². The standard InChI is InChI=1S/C22H22ClFN4O/c1-13-9-15(5-6-16(13)22(3,4)11-25)14(2)27-19(29)10-28-12-26-18-8-7-17(23)20(24)21(18)28/h5-9,12,14H,10H2,1-4H3,(H,27,29). The van der Waals surface area contributed by atoms with Crippen LogP contribution in [-0.2, 0) is 16.8 Å². The molecular formula is C22H22ClFN4O. The van der Waals surface area contributed by atoms with Gasteiger partial charge in [0.15, 0.2) is 5.82 Å². The van der Waals surface area contributed by atoms with Gasteiger partial charge in [-0.05, 0) is 56.5 Å². The summed E-state index contributed by atoms with van der Waals surface area (Å²) in [5.41, 5.74) is 2.95. The number of benzene rings is 2. The predicted molar refractivity (Wildman–Crippen MR) is 111 cm³/mol. The first-order valence-corrected chi connectivity index (χ1v) is 9.62. The van der Waals surface area contributed by atoms with Crippen LogP contribution in [-0.4, -0.2) is 15.5 Å². The van der Waals surface area contributed by atoms with Crippen LogP contribution in [0.2, 0.25) is 5.02 Å². The molecule has 0 spiro atoms. The normalized spacial score (nSPS) is 12.6. The Labute approximate surface area is 174 Å². The molecule has 5 nitrogen and oxygen atoms in total. The Bertz CT molecular complexity index is 1130.